The molecule has 0 bridgehead atoms. The van der Waals surface area contributed by atoms with Gasteiger partial charge in [-0.25, -0.2) is 0 Å². The fourth-order valence-electron chi connectivity index (χ4n) is 3.04. The largest absolute Gasteiger partial charge is 0.326 e. The first-order chi connectivity index (χ1) is 7.41. The van der Waals surface area contributed by atoms with Gasteiger partial charge in [-0.15, -0.1) is 0 Å². The van der Waals surface area contributed by atoms with Crippen LogP contribution in [0.2, 0.25) is 0 Å². The van der Waals surface area contributed by atoms with Crippen molar-refractivity contribution in [2.45, 2.75) is 64.5 Å². The molecule has 3 atom stereocenters. The van der Waals surface area contributed by atoms with Crippen LogP contribution in [0.4, 0.5) is 0 Å². The van der Waals surface area contributed by atoms with Crippen molar-refractivity contribution in [3.05, 3.63) is 0 Å². The highest BCUT2D eigenvalue weighted by Crippen LogP contribution is 2.37. The standard InChI is InChI=1S/C14H30N2/c1-6-11-9-7-8-10-12(11)13(15)14(2,3)16(4)5/h11-13H,6-10,15H2,1-5H3. The summed E-state index contributed by atoms with van der Waals surface area (Å²) >= 11 is 0. The number of hydrogen-bond donors (Lipinski definition) is 1. The minimum Gasteiger partial charge on any atom is -0.326 e. The van der Waals surface area contributed by atoms with E-state index < -0.39 is 0 Å². The van der Waals surface area contributed by atoms with Gasteiger partial charge in [0.1, 0.15) is 0 Å². The molecule has 0 aliphatic heterocycles. The Balaban J connectivity index is 2.74. The second-order valence-corrected chi connectivity index (χ2v) is 6.19. The van der Waals surface area contributed by atoms with Crippen molar-refractivity contribution in [3.63, 3.8) is 0 Å². The number of likely N-dealkylation sites (N-methyl/N-ethyl adjacent to an activating group) is 1. The van der Waals surface area contributed by atoms with Crippen LogP contribution in [0, 0.1) is 11.8 Å². The lowest BCUT2D eigenvalue weighted by molar-refractivity contribution is 0.0795. The van der Waals surface area contributed by atoms with Crippen LogP contribution in [-0.2, 0) is 0 Å². The third kappa shape index (κ3) is 2.78. The van der Waals surface area contributed by atoms with Crippen molar-refractivity contribution in [1.29, 1.82) is 0 Å². The Morgan fingerprint density at radius 1 is 1.25 bits per heavy atom. The van der Waals surface area contributed by atoms with E-state index in [1.165, 1.54) is 32.1 Å². The van der Waals surface area contributed by atoms with E-state index in [4.69, 9.17) is 5.73 Å². The average Bonchev–Trinajstić information content (AvgIpc) is 2.27. The lowest BCUT2D eigenvalue weighted by atomic mass is 9.69. The molecule has 96 valence electrons. The van der Waals surface area contributed by atoms with Crippen LogP contribution >= 0.6 is 0 Å². The average molecular weight is 226 g/mol. The van der Waals surface area contributed by atoms with Gasteiger partial charge in [-0.2, -0.15) is 0 Å². The van der Waals surface area contributed by atoms with Crippen LogP contribution in [0.5, 0.6) is 0 Å². The van der Waals surface area contributed by atoms with Gasteiger partial charge < -0.3 is 10.6 Å². The van der Waals surface area contributed by atoms with Crippen LogP contribution in [0.25, 0.3) is 0 Å². The summed E-state index contributed by atoms with van der Waals surface area (Å²) in [4.78, 5) is 2.28. The Morgan fingerprint density at radius 2 is 1.81 bits per heavy atom. The van der Waals surface area contributed by atoms with E-state index in [0.29, 0.717) is 6.04 Å². The summed E-state index contributed by atoms with van der Waals surface area (Å²) in [6.45, 7) is 6.87. The van der Waals surface area contributed by atoms with Gasteiger partial charge >= 0.3 is 0 Å². The molecule has 0 saturated heterocycles. The molecule has 0 aromatic rings. The SMILES string of the molecule is CCC1CCCCC1C(N)C(C)(C)N(C)C. The van der Waals surface area contributed by atoms with Crippen molar-refractivity contribution >= 4 is 0 Å². The predicted molar refractivity (Wildman–Crippen MR) is 71.5 cm³/mol. The van der Waals surface area contributed by atoms with Gasteiger partial charge in [0.25, 0.3) is 0 Å². The summed E-state index contributed by atoms with van der Waals surface area (Å²) in [7, 11) is 4.28. The van der Waals surface area contributed by atoms with Gasteiger partial charge in [0.05, 0.1) is 0 Å². The molecular formula is C14H30N2. The van der Waals surface area contributed by atoms with E-state index in [1.807, 2.05) is 0 Å². The fraction of sp³-hybridized carbons (Fsp3) is 1.00. The Hall–Kier alpha value is -0.0800. The zero-order chi connectivity index (χ0) is 12.3. The lowest BCUT2D eigenvalue weighted by Gasteiger charge is -2.46. The molecule has 1 aliphatic carbocycles. The number of nitrogens with zero attached hydrogens (tertiary/aromatic N) is 1. The van der Waals surface area contributed by atoms with E-state index in [-0.39, 0.29) is 5.54 Å². The fourth-order valence-corrected chi connectivity index (χ4v) is 3.04. The minimum atomic E-state index is 0.107. The maximum absolute atomic E-state index is 6.55. The highest BCUT2D eigenvalue weighted by atomic mass is 15.2. The first-order valence-electron chi connectivity index (χ1n) is 6.84. The second-order valence-electron chi connectivity index (χ2n) is 6.19. The third-order valence-electron chi connectivity index (χ3n) is 4.92. The first-order valence-corrected chi connectivity index (χ1v) is 6.84. The van der Waals surface area contributed by atoms with Crippen molar-refractivity contribution in [2.75, 3.05) is 14.1 Å². The molecular weight excluding hydrogens is 196 g/mol. The topological polar surface area (TPSA) is 29.3 Å². The molecule has 0 aromatic carbocycles. The Labute approximate surface area is 102 Å². The van der Waals surface area contributed by atoms with Gasteiger partial charge in [0, 0.05) is 11.6 Å². The summed E-state index contributed by atoms with van der Waals surface area (Å²) in [5.41, 5.74) is 6.66. The molecule has 0 spiro atoms. The predicted octanol–water partition coefficient (Wildman–Crippen LogP) is 2.87. The molecule has 0 aromatic heterocycles. The summed E-state index contributed by atoms with van der Waals surface area (Å²) in [6, 6.07) is 0.299. The monoisotopic (exact) mass is 226 g/mol. The van der Waals surface area contributed by atoms with Gasteiger partial charge in [0.15, 0.2) is 0 Å². The minimum absolute atomic E-state index is 0.107. The number of hydrogen-bond acceptors (Lipinski definition) is 2. The zero-order valence-corrected chi connectivity index (χ0v) is 11.8. The van der Waals surface area contributed by atoms with Crippen molar-refractivity contribution < 1.29 is 0 Å². The van der Waals surface area contributed by atoms with Crippen molar-refractivity contribution in [3.8, 4) is 0 Å². The smallest absolute Gasteiger partial charge is 0.0300 e. The molecule has 1 fully saturated rings. The molecule has 1 rings (SSSR count). The van der Waals surface area contributed by atoms with E-state index in [9.17, 15) is 0 Å². The van der Waals surface area contributed by atoms with Crippen LogP contribution in [0.3, 0.4) is 0 Å². The summed E-state index contributed by atoms with van der Waals surface area (Å²) in [5.74, 6) is 1.57. The van der Waals surface area contributed by atoms with Crippen molar-refractivity contribution in [1.82, 2.24) is 4.90 Å². The molecule has 3 unspecified atom stereocenters. The van der Waals surface area contributed by atoms with E-state index >= 15 is 0 Å². The quantitative estimate of drug-likeness (QED) is 0.798. The third-order valence-corrected chi connectivity index (χ3v) is 4.92. The van der Waals surface area contributed by atoms with Gasteiger partial charge in [0.2, 0.25) is 0 Å². The van der Waals surface area contributed by atoms with Crippen molar-refractivity contribution in [2.24, 2.45) is 17.6 Å². The Bertz CT molecular complexity index is 211. The maximum atomic E-state index is 6.55. The molecule has 2 nitrogen and oxygen atoms in total. The maximum Gasteiger partial charge on any atom is 0.0300 e. The van der Waals surface area contributed by atoms with Crippen LogP contribution < -0.4 is 5.73 Å². The highest BCUT2D eigenvalue weighted by molar-refractivity contribution is 4.96. The Morgan fingerprint density at radius 3 is 2.31 bits per heavy atom. The lowest BCUT2D eigenvalue weighted by Crippen LogP contribution is -2.58. The molecule has 1 saturated carbocycles. The normalized spacial score (nSPS) is 29.4. The first kappa shape index (κ1) is 14.0. The van der Waals surface area contributed by atoms with E-state index in [0.717, 1.165) is 11.8 Å². The van der Waals surface area contributed by atoms with Crippen LogP contribution in [-0.4, -0.2) is 30.6 Å². The summed E-state index contributed by atoms with van der Waals surface area (Å²) < 4.78 is 0. The highest BCUT2D eigenvalue weighted by Gasteiger charge is 2.38. The van der Waals surface area contributed by atoms with Gasteiger partial charge in [-0.05, 0) is 46.2 Å². The van der Waals surface area contributed by atoms with Gasteiger partial charge in [-0.1, -0.05) is 32.6 Å². The van der Waals surface area contributed by atoms with E-state index in [2.05, 4.69) is 39.8 Å². The molecule has 0 amide bonds. The second kappa shape index (κ2) is 5.50. The molecule has 16 heavy (non-hydrogen) atoms. The molecule has 2 N–H and O–H groups in total. The van der Waals surface area contributed by atoms with Crippen LogP contribution in [0.15, 0.2) is 0 Å². The molecule has 0 radical (unpaired) electrons. The Kier molecular flexibility index (Phi) is 4.81. The zero-order valence-electron chi connectivity index (χ0n) is 11.8. The number of rotatable bonds is 4. The molecule has 0 heterocycles. The molecule has 1 aliphatic rings. The van der Waals surface area contributed by atoms with Gasteiger partial charge in [-0.3, -0.25) is 0 Å². The number of nitrogens with two attached hydrogens (primary N) is 1. The summed E-state index contributed by atoms with van der Waals surface area (Å²) in [5, 5.41) is 0. The summed E-state index contributed by atoms with van der Waals surface area (Å²) in [6.07, 6.45) is 6.79. The van der Waals surface area contributed by atoms with E-state index in [1.54, 1.807) is 0 Å². The molecule has 2 heteroatoms. The van der Waals surface area contributed by atoms with Crippen LogP contribution in [0.1, 0.15) is 52.9 Å².